The fourth-order valence-electron chi connectivity index (χ4n) is 3.24. The Balaban J connectivity index is 1.66. The smallest absolute Gasteiger partial charge is 0.0469 e. The maximum Gasteiger partial charge on any atom is 0.0469 e. The van der Waals surface area contributed by atoms with Gasteiger partial charge in [0.15, 0.2) is 0 Å². The molecule has 2 aliphatic rings. The van der Waals surface area contributed by atoms with Crippen molar-refractivity contribution in [3.8, 4) is 0 Å². The Hall–Kier alpha value is -0.570. The molecule has 20 heavy (non-hydrogen) atoms. The molecule has 0 amide bonds. The Labute approximate surface area is 126 Å². The van der Waals surface area contributed by atoms with Crippen molar-refractivity contribution in [1.29, 1.82) is 0 Å². The van der Waals surface area contributed by atoms with Gasteiger partial charge in [-0.3, -0.25) is 0 Å². The Morgan fingerprint density at radius 1 is 1.05 bits per heavy atom. The highest BCUT2D eigenvalue weighted by molar-refractivity contribution is 6.30. The van der Waals surface area contributed by atoms with E-state index in [1.165, 1.54) is 31.2 Å². The first-order chi connectivity index (χ1) is 9.74. The lowest BCUT2D eigenvalue weighted by atomic mass is 9.91. The van der Waals surface area contributed by atoms with E-state index < -0.39 is 0 Å². The van der Waals surface area contributed by atoms with E-state index in [1.807, 2.05) is 12.1 Å². The van der Waals surface area contributed by atoms with Crippen molar-refractivity contribution in [1.82, 2.24) is 5.32 Å². The standard InChI is InChI=1S/C17H24ClNO/c1-12(13-8-10-20-11-9-13)19-17(14-2-3-14)15-4-6-16(18)7-5-15/h4-7,12-14,17,19H,2-3,8-11H2,1H3. The van der Waals surface area contributed by atoms with Crippen LogP contribution in [0.3, 0.4) is 0 Å². The summed E-state index contributed by atoms with van der Waals surface area (Å²) in [5.74, 6) is 1.55. The maximum absolute atomic E-state index is 6.00. The van der Waals surface area contributed by atoms with Gasteiger partial charge in [-0.1, -0.05) is 23.7 Å². The molecular formula is C17H24ClNO. The summed E-state index contributed by atoms with van der Waals surface area (Å²) < 4.78 is 5.47. The maximum atomic E-state index is 6.00. The molecule has 1 saturated carbocycles. The van der Waals surface area contributed by atoms with Crippen molar-refractivity contribution in [2.45, 2.75) is 44.7 Å². The van der Waals surface area contributed by atoms with Gasteiger partial charge in [-0.25, -0.2) is 0 Å². The highest BCUT2D eigenvalue weighted by atomic mass is 35.5. The van der Waals surface area contributed by atoms with Gasteiger partial charge in [0.2, 0.25) is 0 Å². The molecule has 0 radical (unpaired) electrons. The van der Waals surface area contributed by atoms with Gasteiger partial charge in [0.25, 0.3) is 0 Å². The Kier molecular flexibility index (Phi) is 4.65. The lowest BCUT2D eigenvalue weighted by molar-refractivity contribution is 0.0539. The van der Waals surface area contributed by atoms with Crippen LogP contribution in [0.5, 0.6) is 0 Å². The largest absolute Gasteiger partial charge is 0.381 e. The minimum Gasteiger partial charge on any atom is -0.381 e. The quantitative estimate of drug-likeness (QED) is 0.879. The van der Waals surface area contributed by atoms with E-state index in [1.54, 1.807) is 0 Å². The normalized spacial score (nSPS) is 23.5. The van der Waals surface area contributed by atoms with E-state index in [2.05, 4.69) is 24.4 Å². The lowest BCUT2D eigenvalue weighted by Gasteiger charge is -2.32. The lowest BCUT2D eigenvalue weighted by Crippen LogP contribution is -2.39. The van der Waals surface area contributed by atoms with E-state index >= 15 is 0 Å². The zero-order chi connectivity index (χ0) is 13.9. The minimum atomic E-state index is 0.491. The average Bonchev–Trinajstić information content (AvgIpc) is 3.31. The molecule has 1 aliphatic heterocycles. The Bertz CT molecular complexity index is 423. The third-order valence-corrected chi connectivity index (χ3v) is 4.99. The van der Waals surface area contributed by atoms with Crippen molar-refractivity contribution >= 4 is 11.6 Å². The van der Waals surface area contributed by atoms with E-state index in [0.717, 1.165) is 30.1 Å². The van der Waals surface area contributed by atoms with Crippen LogP contribution in [0.1, 0.15) is 44.2 Å². The van der Waals surface area contributed by atoms with Crippen molar-refractivity contribution in [3.63, 3.8) is 0 Å². The summed E-state index contributed by atoms with van der Waals surface area (Å²) in [4.78, 5) is 0. The van der Waals surface area contributed by atoms with Crippen LogP contribution in [-0.2, 0) is 4.74 Å². The fourth-order valence-corrected chi connectivity index (χ4v) is 3.37. The molecule has 1 aliphatic carbocycles. The second kappa shape index (κ2) is 6.46. The monoisotopic (exact) mass is 293 g/mol. The van der Waals surface area contributed by atoms with Crippen molar-refractivity contribution in [3.05, 3.63) is 34.9 Å². The molecule has 2 fully saturated rings. The van der Waals surface area contributed by atoms with Crippen molar-refractivity contribution in [2.24, 2.45) is 11.8 Å². The molecule has 110 valence electrons. The van der Waals surface area contributed by atoms with Gasteiger partial charge in [-0.15, -0.1) is 0 Å². The molecule has 3 heteroatoms. The summed E-state index contributed by atoms with van der Waals surface area (Å²) in [5.41, 5.74) is 1.39. The highest BCUT2D eigenvalue weighted by Gasteiger charge is 2.34. The first-order valence-corrected chi connectivity index (χ1v) is 8.21. The molecule has 0 aromatic heterocycles. The zero-order valence-electron chi connectivity index (χ0n) is 12.1. The van der Waals surface area contributed by atoms with Gasteiger partial charge in [0, 0.05) is 30.3 Å². The molecule has 1 heterocycles. The molecular weight excluding hydrogens is 270 g/mol. The molecule has 1 N–H and O–H groups in total. The summed E-state index contributed by atoms with van der Waals surface area (Å²) in [7, 11) is 0. The van der Waals surface area contributed by atoms with E-state index in [9.17, 15) is 0 Å². The number of hydrogen-bond acceptors (Lipinski definition) is 2. The van der Waals surface area contributed by atoms with E-state index in [0.29, 0.717) is 12.1 Å². The van der Waals surface area contributed by atoms with Crippen molar-refractivity contribution < 1.29 is 4.74 Å². The first-order valence-electron chi connectivity index (χ1n) is 7.83. The molecule has 3 rings (SSSR count). The summed E-state index contributed by atoms with van der Waals surface area (Å²) in [6, 6.07) is 9.41. The van der Waals surface area contributed by atoms with Gasteiger partial charge in [0.05, 0.1) is 0 Å². The molecule has 1 aromatic rings. The van der Waals surface area contributed by atoms with Crippen LogP contribution in [0.25, 0.3) is 0 Å². The Morgan fingerprint density at radius 2 is 1.70 bits per heavy atom. The van der Waals surface area contributed by atoms with E-state index in [4.69, 9.17) is 16.3 Å². The molecule has 2 unspecified atom stereocenters. The summed E-state index contributed by atoms with van der Waals surface area (Å²) in [6.07, 6.45) is 5.07. The number of benzene rings is 1. The van der Waals surface area contributed by atoms with Crippen LogP contribution in [0, 0.1) is 11.8 Å². The predicted octanol–water partition coefficient (Wildman–Crippen LogP) is 4.20. The fraction of sp³-hybridized carbons (Fsp3) is 0.647. The van der Waals surface area contributed by atoms with Gasteiger partial charge >= 0.3 is 0 Å². The molecule has 2 atom stereocenters. The number of nitrogens with one attached hydrogen (secondary N) is 1. The average molecular weight is 294 g/mol. The summed E-state index contributed by atoms with van der Waals surface area (Å²) >= 11 is 6.00. The first kappa shape index (κ1) is 14.4. The number of hydrogen-bond donors (Lipinski definition) is 1. The number of halogens is 1. The summed E-state index contributed by atoms with van der Waals surface area (Å²) in [6.45, 7) is 4.18. The van der Waals surface area contributed by atoms with Gasteiger partial charge < -0.3 is 10.1 Å². The highest BCUT2D eigenvalue weighted by Crippen LogP contribution is 2.42. The molecule has 1 saturated heterocycles. The zero-order valence-corrected chi connectivity index (χ0v) is 12.9. The van der Waals surface area contributed by atoms with E-state index in [-0.39, 0.29) is 0 Å². The topological polar surface area (TPSA) is 21.3 Å². The van der Waals surface area contributed by atoms with Gasteiger partial charge in [-0.2, -0.15) is 0 Å². The van der Waals surface area contributed by atoms with Gasteiger partial charge in [-0.05, 0) is 62.1 Å². The SMILES string of the molecule is CC(NC(c1ccc(Cl)cc1)C1CC1)C1CCOCC1. The minimum absolute atomic E-state index is 0.491. The summed E-state index contributed by atoms with van der Waals surface area (Å²) in [5, 5.41) is 4.71. The van der Waals surface area contributed by atoms with Crippen LogP contribution in [-0.4, -0.2) is 19.3 Å². The molecule has 0 spiro atoms. The molecule has 1 aromatic carbocycles. The molecule has 2 nitrogen and oxygen atoms in total. The number of rotatable bonds is 5. The second-order valence-corrected chi connectivity index (χ2v) is 6.71. The second-order valence-electron chi connectivity index (χ2n) is 6.27. The van der Waals surface area contributed by atoms with Crippen LogP contribution < -0.4 is 5.32 Å². The third kappa shape index (κ3) is 3.55. The van der Waals surface area contributed by atoms with Gasteiger partial charge in [0.1, 0.15) is 0 Å². The predicted molar refractivity (Wildman–Crippen MR) is 83.1 cm³/mol. The van der Waals surface area contributed by atoms with Crippen LogP contribution in [0.2, 0.25) is 5.02 Å². The molecule has 0 bridgehead atoms. The Morgan fingerprint density at radius 3 is 2.30 bits per heavy atom. The van der Waals surface area contributed by atoms with Crippen LogP contribution >= 0.6 is 11.6 Å². The van der Waals surface area contributed by atoms with Crippen LogP contribution in [0.15, 0.2) is 24.3 Å². The van der Waals surface area contributed by atoms with Crippen molar-refractivity contribution in [2.75, 3.05) is 13.2 Å². The third-order valence-electron chi connectivity index (χ3n) is 4.74. The number of ether oxygens (including phenoxy) is 1. The van der Waals surface area contributed by atoms with Crippen LogP contribution in [0.4, 0.5) is 0 Å².